The minimum atomic E-state index is -0.599. The van der Waals surface area contributed by atoms with Crippen LogP contribution >= 0.6 is 11.6 Å². The molecule has 166 valence electrons. The summed E-state index contributed by atoms with van der Waals surface area (Å²) in [7, 11) is 1.59. The van der Waals surface area contributed by atoms with Crippen molar-refractivity contribution in [3.8, 4) is 0 Å². The van der Waals surface area contributed by atoms with Gasteiger partial charge in [-0.1, -0.05) is 17.7 Å². The molecule has 6 nitrogen and oxygen atoms in total. The average molecular weight is 448 g/mol. The van der Waals surface area contributed by atoms with Crippen molar-refractivity contribution in [2.24, 2.45) is 5.92 Å². The lowest BCUT2D eigenvalue weighted by atomic mass is 9.95. The summed E-state index contributed by atoms with van der Waals surface area (Å²) in [6.45, 7) is 4.70. The average Bonchev–Trinajstić information content (AvgIpc) is 2.70. The number of nitrogens with zero attached hydrogens (tertiary/aromatic N) is 1. The van der Waals surface area contributed by atoms with Crippen molar-refractivity contribution >= 4 is 23.4 Å². The molecule has 8 heteroatoms. The molecule has 2 aliphatic rings. The summed E-state index contributed by atoms with van der Waals surface area (Å²) >= 11 is 5.74. The number of carbonyl (C=O) groups is 2. The van der Waals surface area contributed by atoms with Crippen LogP contribution in [0.4, 0.5) is 4.39 Å². The van der Waals surface area contributed by atoms with Crippen LogP contribution in [0.15, 0.2) is 53.3 Å². The Morgan fingerprint density at radius 3 is 2.84 bits per heavy atom. The SMILES string of the molecule is COCCNC(=O)C1=C/C(=C/NCC2CN(C(=O)c3ccc(Cl)cc3F)C2)CC=C1C. The van der Waals surface area contributed by atoms with Gasteiger partial charge in [-0.3, -0.25) is 9.59 Å². The maximum Gasteiger partial charge on any atom is 0.256 e. The first kappa shape index (κ1) is 23.0. The molecule has 1 aliphatic carbocycles. The Balaban J connectivity index is 1.47. The first-order chi connectivity index (χ1) is 14.9. The van der Waals surface area contributed by atoms with Gasteiger partial charge < -0.3 is 20.3 Å². The molecular weight excluding hydrogens is 421 g/mol. The molecule has 1 saturated heterocycles. The number of likely N-dealkylation sites (tertiary alicyclic amines) is 1. The van der Waals surface area contributed by atoms with Crippen LogP contribution in [0.1, 0.15) is 23.7 Å². The maximum atomic E-state index is 13.9. The fourth-order valence-electron chi connectivity index (χ4n) is 3.50. The van der Waals surface area contributed by atoms with Gasteiger partial charge in [-0.25, -0.2) is 4.39 Å². The quantitative estimate of drug-likeness (QED) is 0.601. The number of benzene rings is 1. The highest BCUT2D eigenvalue weighted by Crippen LogP contribution is 2.23. The van der Waals surface area contributed by atoms with Crippen LogP contribution in [0.2, 0.25) is 5.02 Å². The second-order valence-corrected chi connectivity index (χ2v) is 8.16. The highest BCUT2D eigenvalue weighted by molar-refractivity contribution is 6.30. The maximum absolute atomic E-state index is 13.9. The minimum absolute atomic E-state index is 0.0451. The van der Waals surface area contributed by atoms with E-state index in [1.807, 2.05) is 25.3 Å². The Morgan fingerprint density at radius 1 is 1.35 bits per heavy atom. The predicted octanol–water partition coefficient (Wildman–Crippen LogP) is 3.06. The zero-order valence-corrected chi connectivity index (χ0v) is 18.5. The van der Waals surface area contributed by atoms with Gasteiger partial charge in [0, 0.05) is 56.0 Å². The molecule has 1 aromatic rings. The van der Waals surface area contributed by atoms with Crippen molar-refractivity contribution in [2.75, 3.05) is 39.9 Å². The molecular formula is C23H27ClFN3O3. The third-order valence-corrected chi connectivity index (χ3v) is 5.57. The van der Waals surface area contributed by atoms with Gasteiger partial charge >= 0.3 is 0 Å². The van der Waals surface area contributed by atoms with E-state index in [-0.39, 0.29) is 28.3 Å². The molecule has 31 heavy (non-hydrogen) atoms. The summed E-state index contributed by atoms with van der Waals surface area (Å²) < 4.78 is 18.9. The highest BCUT2D eigenvalue weighted by atomic mass is 35.5. The largest absolute Gasteiger partial charge is 0.390 e. The van der Waals surface area contributed by atoms with Crippen molar-refractivity contribution in [1.82, 2.24) is 15.5 Å². The topological polar surface area (TPSA) is 70.7 Å². The number of allylic oxidation sites excluding steroid dienone is 3. The smallest absolute Gasteiger partial charge is 0.256 e. The number of hydrogen-bond acceptors (Lipinski definition) is 4. The zero-order chi connectivity index (χ0) is 22.4. The number of ether oxygens (including phenoxy) is 1. The third-order valence-electron chi connectivity index (χ3n) is 5.33. The van der Waals surface area contributed by atoms with Crippen LogP contribution in [0, 0.1) is 11.7 Å². The zero-order valence-electron chi connectivity index (χ0n) is 17.7. The van der Waals surface area contributed by atoms with Gasteiger partial charge in [0.2, 0.25) is 0 Å². The molecule has 0 saturated carbocycles. The lowest BCUT2D eigenvalue weighted by Gasteiger charge is -2.39. The number of methoxy groups -OCH3 is 1. The fraction of sp³-hybridized carbons (Fsp3) is 0.391. The van der Waals surface area contributed by atoms with Gasteiger partial charge in [-0.2, -0.15) is 0 Å². The Kier molecular flexibility index (Phi) is 7.87. The third kappa shape index (κ3) is 5.95. The number of rotatable bonds is 8. The van der Waals surface area contributed by atoms with Crippen molar-refractivity contribution in [3.63, 3.8) is 0 Å². The van der Waals surface area contributed by atoms with Crippen LogP contribution in [0.5, 0.6) is 0 Å². The molecule has 0 aromatic heterocycles. The Bertz CT molecular complexity index is 936. The molecule has 3 rings (SSSR count). The second kappa shape index (κ2) is 10.6. The predicted molar refractivity (Wildman–Crippen MR) is 118 cm³/mol. The van der Waals surface area contributed by atoms with E-state index in [2.05, 4.69) is 10.6 Å². The normalized spacial score (nSPS) is 17.7. The fourth-order valence-corrected chi connectivity index (χ4v) is 3.66. The van der Waals surface area contributed by atoms with Gasteiger partial charge in [0.05, 0.1) is 12.2 Å². The van der Waals surface area contributed by atoms with Crippen LogP contribution < -0.4 is 10.6 Å². The molecule has 0 spiro atoms. The van der Waals surface area contributed by atoms with Crippen LogP contribution in [0.25, 0.3) is 0 Å². The number of hydrogen-bond donors (Lipinski definition) is 2. The van der Waals surface area contributed by atoms with Crippen LogP contribution in [0.3, 0.4) is 0 Å². The summed E-state index contributed by atoms with van der Waals surface area (Å²) in [5.41, 5.74) is 2.66. The Morgan fingerprint density at radius 2 is 2.13 bits per heavy atom. The monoisotopic (exact) mass is 447 g/mol. The van der Waals surface area contributed by atoms with E-state index in [1.165, 1.54) is 12.1 Å². The molecule has 0 atom stereocenters. The van der Waals surface area contributed by atoms with Gasteiger partial charge in [0.25, 0.3) is 11.8 Å². The number of carbonyl (C=O) groups excluding carboxylic acids is 2. The lowest BCUT2D eigenvalue weighted by Crippen LogP contribution is -2.53. The molecule has 1 fully saturated rings. The van der Waals surface area contributed by atoms with Crippen LogP contribution in [-0.4, -0.2) is 56.6 Å². The molecule has 0 bridgehead atoms. The van der Waals surface area contributed by atoms with E-state index in [0.29, 0.717) is 38.4 Å². The molecule has 0 radical (unpaired) electrons. The van der Waals surface area contributed by atoms with E-state index in [0.717, 1.165) is 23.6 Å². The lowest BCUT2D eigenvalue weighted by molar-refractivity contribution is -0.117. The summed E-state index contributed by atoms with van der Waals surface area (Å²) in [6.07, 6.45) is 6.58. The molecule has 1 heterocycles. The first-order valence-corrected chi connectivity index (χ1v) is 10.6. The highest BCUT2D eigenvalue weighted by Gasteiger charge is 2.32. The number of halogens is 2. The van der Waals surface area contributed by atoms with E-state index < -0.39 is 5.82 Å². The second-order valence-electron chi connectivity index (χ2n) is 7.73. The van der Waals surface area contributed by atoms with E-state index in [9.17, 15) is 14.0 Å². The van der Waals surface area contributed by atoms with Gasteiger partial charge in [-0.05, 0) is 48.8 Å². The summed E-state index contributed by atoms with van der Waals surface area (Å²) in [5.74, 6) is -0.737. The van der Waals surface area contributed by atoms with Crippen molar-refractivity contribution in [1.29, 1.82) is 0 Å². The molecule has 1 aromatic carbocycles. The van der Waals surface area contributed by atoms with Crippen molar-refractivity contribution < 1.29 is 18.7 Å². The van der Waals surface area contributed by atoms with Gasteiger partial charge in [0.1, 0.15) is 5.82 Å². The van der Waals surface area contributed by atoms with Crippen LogP contribution in [-0.2, 0) is 9.53 Å². The van der Waals surface area contributed by atoms with Gasteiger partial charge in [-0.15, -0.1) is 0 Å². The molecule has 0 unspecified atom stereocenters. The molecule has 1 aliphatic heterocycles. The Labute approximate surface area is 186 Å². The Hall–Kier alpha value is -2.64. The van der Waals surface area contributed by atoms with E-state index in [1.54, 1.807) is 12.0 Å². The number of amides is 2. The van der Waals surface area contributed by atoms with E-state index >= 15 is 0 Å². The summed E-state index contributed by atoms with van der Waals surface area (Å²) in [4.78, 5) is 26.4. The van der Waals surface area contributed by atoms with Crippen molar-refractivity contribution in [3.05, 3.63) is 69.7 Å². The summed E-state index contributed by atoms with van der Waals surface area (Å²) in [5, 5.41) is 6.39. The minimum Gasteiger partial charge on any atom is -0.390 e. The molecule has 2 amide bonds. The number of nitrogens with one attached hydrogen (secondary N) is 2. The summed E-state index contributed by atoms with van der Waals surface area (Å²) in [6, 6.07) is 4.09. The standard InChI is InChI=1S/C23H27ClFN3O3/c1-15-3-4-16(9-20(15)22(29)27-7-8-31-2)11-26-12-17-13-28(14-17)23(30)19-6-5-18(24)10-21(19)25/h3,5-6,9-11,17,26H,4,7-8,12-14H2,1-2H3,(H,27,29)/b16-11+. The first-order valence-electron chi connectivity index (χ1n) is 10.2. The van der Waals surface area contributed by atoms with Crippen molar-refractivity contribution in [2.45, 2.75) is 13.3 Å². The molecule has 2 N–H and O–H groups in total. The van der Waals surface area contributed by atoms with Gasteiger partial charge in [0.15, 0.2) is 0 Å². The van der Waals surface area contributed by atoms with E-state index in [4.69, 9.17) is 16.3 Å².